The number of benzene rings is 1. The van der Waals surface area contributed by atoms with E-state index in [0.717, 1.165) is 34.9 Å². The predicted octanol–water partition coefficient (Wildman–Crippen LogP) is 3.77. The minimum Gasteiger partial charge on any atom is -0.480 e. The smallest absolute Gasteiger partial charge is 0.320 e. The van der Waals surface area contributed by atoms with Crippen molar-refractivity contribution in [2.24, 2.45) is 0 Å². The van der Waals surface area contributed by atoms with Gasteiger partial charge >= 0.3 is 5.97 Å². The molecule has 0 bridgehead atoms. The van der Waals surface area contributed by atoms with E-state index in [0.29, 0.717) is 18.0 Å². The summed E-state index contributed by atoms with van der Waals surface area (Å²) in [6, 6.07) is 7.20. The van der Waals surface area contributed by atoms with Crippen LogP contribution in [0.3, 0.4) is 0 Å². The van der Waals surface area contributed by atoms with Gasteiger partial charge in [-0.1, -0.05) is 23.7 Å². The molecule has 1 unspecified atom stereocenters. The van der Waals surface area contributed by atoms with Crippen molar-refractivity contribution in [2.75, 3.05) is 6.54 Å². The molecule has 3 heterocycles. The van der Waals surface area contributed by atoms with E-state index in [-0.39, 0.29) is 0 Å². The highest BCUT2D eigenvalue weighted by atomic mass is 35.5. The van der Waals surface area contributed by atoms with Crippen LogP contribution in [0.15, 0.2) is 35.8 Å². The number of hydrogen-bond acceptors (Lipinski definition) is 4. The number of likely N-dealkylation sites (tertiary alicyclic amines) is 1. The second-order valence-corrected chi connectivity index (χ2v) is 7.25. The van der Waals surface area contributed by atoms with E-state index in [4.69, 9.17) is 16.6 Å². The van der Waals surface area contributed by atoms with Crippen LogP contribution < -0.4 is 0 Å². The summed E-state index contributed by atoms with van der Waals surface area (Å²) in [5.41, 5.74) is 2.92. The molecule has 0 saturated carbocycles. The first kappa shape index (κ1) is 15.6. The van der Waals surface area contributed by atoms with Crippen molar-refractivity contribution in [2.45, 2.75) is 25.4 Å². The van der Waals surface area contributed by atoms with Crippen LogP contribution in [0.4, 0.5) is 0 Å². The first-order valence-corrected chi connectivity index (χ1v) is 9.06. The van der Waals surface area contributed by atoms with Crippen LogP contribution in [0.2, 0.25) is 5.02 Å². The van der Waals surface area contributed by atoms with Crippen molar-refractivity contribution >= 4 is 33.9 Å². The lowest BCUT2D eigenvalue weighted by molar-refractivity contribution is -0.142. The lowest BCUT2D eigenvalue weighted by Gasteiger charge is -2.21. The molecular formula is C17H16ClN3O2S. The minimum atomic E-state index is -0.744. The Labute approximate surface area is 148 Å². The summed E-state index contributed by atoms with van der Waals surface area (Å²) in [5.74, 6) is -0.744. The molecule has 1 N–H and O–H groups in total. The first-order valence-electron chi connectivity index (χ1n) is 7.80. The maximum absolute atomic E-state index is 11.5. The van der Waals surface area contributed by atoms with E-state index in [2.05, 4.69) is 4.40 Å². The number of aliphatic carboxylic acids is 1. The molecule has 1 aliphatic rings. The number of halogens is 1. The van der Waals surface area contributed by atoms with Gasteiger partial charge in [-0.15, -0.1) is 11.3 Å². The maximum Gasteiger partial charge on any atom is 0.320 e. The van der Waals surface area contributed by atoms with E-state index < -0.39 is 12.0 Å². The molecule has 3 aromatic rings. The number of hydrogen-bond donors (Lipinski definition) is 1. The van der Waals surface area contributed by atoms with Gasteiger partial charge < -0.3 is 5.11 Å². The number of fused-ring (bicyclic) bond motifs is 1. The molecule has 24 heavy (non-hydrogen) atoms. The summed E-state index contributed by atoms with van der Waals surface area (Å²) < 4.78 is 2.06. The van der Waals surface area contributed by atoms with Crippen molar-refractivity contribution in [3.63, 3.8) is 0 Å². The molecule has 2 aromatic heterocycles. The zero-order valence-corrected chi connectivity index (χ0v) is 14.4. The lowest BCUT2D eigenvalue weighted by Crippen LogP contribution is -2.35. The molecular weight excluding hydrogens is 346 g/mol. The summed E-state index contributed by atoms with van der Waals surface area (Å²) >= 11 is 7.57. The van der Waals surface area contributed by atoms with E-state index in [1.54, 1.807) is 11.3 Å². The molecule has 0 amide bonds. The highest BCUT2D eigenvalue weighted by molar-refractivity contribution is 7.15. The summed E-state index contributed by atoms with van der Waals surface area (Å²) in [4.78, 5) is 19.2. The summed E-state index contributed by atoms with van der Waals surface area (Å²) in [5, 5.41) is 12.1. The Kier molecular flexibility index (Phi) is 4.04. The average molecular weight is 362 g/mol. The molecule has 5 nitrogen and oxygen atoms in total. The highest BCUT2D eigenvalue weighted by Gasteiger charge is 2.32. The summed E-state index contributed by atoms with van der Waals surface area (Å²) in [6.07, 6.45) is 3.61. The molecule has 0 aliphatic carbocycles. The minimum absolute atomic E-state index is 0.410. The second kappa shape index (κ2) is 6.20. The van der Waals surface area contributed by atoms with Gasteiger partial charge in [0.05, 0.1) is 11.4 Å². The van der Waals surface area contributed by atoms with Crippen molar-refractivity contribution < 1.29 is 9.90 Å². The number of thiazole rings is 1. The fourth-order valence-corrected chi connectivity index (χ4v) is 4.17. The number of carboxylic acid groups (broad SMARTS) is 1. The normalized spacial score (nSPS) is 18.5. The average Bonchev–Trinajstić information content (AvgIpc) is 3.25. The number of nitrogens with zero attached hydrogens (tertiary/aromatic N) is 3. The molecule has 1 aliphatic heterocycles. The molecule has 1 fully saturated rings. The van der Waals surface area contributed by atoms with Crippen LogP contribution in [0.5, 0.6) is 0 Å². The van der Waals surface area contributed by atoms with Gasteiger partial charge in [0.15, 0.2) is 4.96 Å². The topological polar surface area (TPSA) is 57.8 Å². The van der Waals surface area contributed by atoms with Crippen molar-refractivity contribution in [3.05, 3.63) is 46.6 Å². The largest absolute Gasteiger partial charge is 0.480 e. The number of imidazole rings is 1. The number of carboxylic acids is 1. The first-order chi connectivity index (χ1) is 11.6. The Morgan fingerprint density at radius 2 is 2.17 bits per heavy atom. The Balaban J connectivity index is 1.76. The molecule has 1 saturated heterocycles. The highest BCUT2D eigenvalue weighted by Crippen LogP contribution is 2.30. The molecule has 0 radical (unpaired) electrons. The van der Waals surface area contributed by atoms with E-state index in [1.165, 1.54) is 0 Å². The fraction of sp³-hybridized carbons (Fsp3) is 0.294. The molecule has 7 heteroatoms. The SMILES string of the molecule is O=C(O)C1CCCN1Cc1c(-c2ccc(Cl)cc2)nc2sccn12. The standard InChI is InChI=1S/C17H16ClN3O2S/c18-12-5-3-11(4-6-12)15-14(21-8-9-24-17(21)19-15)10-20-7-1-2-13(20)16(22)23/h3-6,8-9,13H,1-2,7,10H2,(H,22,23). The van der Waals surface area contributed by atoms with E-state index >= 15 is 0 Å². The molecule has 1 aromatic carbocycles. The van der Waals surface area contributed by atoms with Crippen LogP contribution in [-0.4, -0.2) is 37.9 Å². The Bertz CT molecular complexity index is 887. The third-order valence-electron chi connectivity index (χ3n) is 4.48. The molecule has 1 atom stereocenters. The van der Waals surface area contributed by atoms with Crippen molar-refractivity contribution in [1.82, 2.24) is 14.3 Å². The van der Waals surface area contributed by atoms with Gasteiger partial charge in [-0.25, -0.2) is 4.98 Å². The molecule has 4 rings (SSSR count). The zero-order valence-electron chi connectivity index (χ0n) is 12.9. The fourth-order valence-electron chi connectivity index (χ4n) is 3.31. The maximum atomic E-state index is 11.5. The zero-order chi connectivity index (χ0) is 16.7. The third-order valence-corrected chi connectivity index (χ3v) is 5.49. The Morgan fingerprint density at radius 3 is 2.92 bits per heavy atom. The quantitative estimate of drug-likeness (QED) is 0.768. The van der Waals surface area contributed by atoms with Crippen molar-refractivity contribution in [1.29, 1.82) is 0 Å². The van der Waals surface area contributed by atoms with Gasteiger partial charge in [0, 0.05) is 28.7 Å². The predicted molar refractivity (Wildman–Crippen MR) is 94.6 cm³/mol. The second-order valence-electron chi connectivity index (χ2n) is 5.94. The Morgan fingerprint density at radius 1 is 1.38 bits per heavy atom. The van der Waals surface area contributed by atoms with Gasteiger partial charge in [0.2, 0.25) is 0 Å². The van der Waals surface area contributed by atoms with Crippen LogP contribution >= 0.6 is 22.9 Å². The molecule has 124 valence electrons. The van der Waals surface area contributed by atoms with E-state index in [1.807, 2.05) is 40.7 Å². The number of aromatic nitrogens is 2. The van der Waals surface area contributed by atoms with E-state index in [9.17, 15) is 9.90 Å². The van der Waals surface area contributed by atoms with Gasteiger partial charge in [0.25, 0.3) is 0 Å². The Hall–Kier alpha value is -1.89. The lowest BCUT2D eigenvalue weighted by atomic mass is 10.1. The van der Waals surface area contributed by atoms with Crippen LogP contribution in [-0.2, 0) is 11.3 Å². The number of carbonyl (C=O) groups is 1. The summed E-state index contributed by atoms with van der Waals surface area (Å²) in [6.45, 7) is 1.38. The summed E-state index contributed by atoms with van der Waals surface area (Å²) in [7, 11) is 0. The van der Waals surface area contributed by atoms with Crippen LogP contribution in [0.25, 0.3) is 16.2 Å². The van der Waals surface area contributed by atoms with Crippen LogP contribution in [0, 0.1) is 0 Å². The van der Waals surface area contributed by atoms with Gasteiger partial charge in [0.1, 0.15) is 6.04 Å². The monoisotopic (exact) mass is 361 g/mol. The van der Waals surface area contributed by atoms with Crippen molar-refractivity contribution in [3.8, 4) is 11.3 Å². The van der Waals surface area contributed by atoms with Gasteiger partial charge in [-0.2, -0.15) is 0 Å². The van der Waals surface area contributed by atoms with Gasteiger partial charge in [-0.3, -0.25) is 14.1 Å². The van der Waals surface area contributed by atoms with Gasteiger partial charge in [-0.05, 0) is 31.5 Å². The van der Waals surface area contributed by atoms with Crippen LogP contribution in [0.1, 0.15) is 18.5 Å². The third kappa shape index (κ3) is 2.70. The number of rotatable bonds is 4. The molecule has 0 spiro atoms.